The van der Waals surface area contributed by atoms with E-state index in [0.717, 1.165) is 37.5 Å². The summed E-state index contributed by atoms with van der Waals surface area (Å²) in [6.45, 7) is 6.53. The number of anilines is 1. The Bertz CT molecular complexity index is 471. The standard InChI is InChI=1S/C13H16BrF3N2/c1-12(2)8-19(6-5-18-12)11-4-3-9(7-10(11)14)13(15,16)17/h3-4,7,18H,5-6,8H2,1-2H3. The highest BCUT2D eigenvalue weighted by atomic mass is 79.9. The first-order valence-corrected chi connectivity index (χ1v) is 6.85. The summed E-state index contributed by atoms with van der Waals surface area (Å²) in [6.07, 6.45) is -4.30. The van der Waals surface area contributed by atoms with Gasteiger partial charge in [0.05, 0.1) is 11.3 Å². The van der Waals surface area contributed by atoms with Crippen molar-refractivity contribution in [2.45, 2.75) is 25.6 Å². The van der Waals surface area contributed by atoms with Crippen molar-refractivity contribution >= 4 is 21.6 Å². The maximum atomic E-state index is 12.6. The van der Waals surface area contributed by atoms with Gasteiger partial charge in [-0.2, -0.15) is 13.2 Å². The maximum absolute atomic E-state index is 12.6. The molecule has 1 fully saturated rings. The molecule has 1 N–H and O–H groups in total. The second-order valence-electron chi connectivity index (χ2n) is 5.40. The SMILES string of the molecule is CC1(C)CN(c2ccc(C(F)(F)F)cc2Br)CCN1. The maximum Gasteiger partial charge on any atom is 0.416 e. The Balaban J connectivity index is 2.26. The zero-order valence-electron chi connectivity index (χ0n) is 10.8. The molecular weight excluding hydrogens is 321 g/mol. The molecule has 6 heteroatoms. The van der Waals surface area contributed by atoms with Crippen LogP contribution in [0, 0.1) is 0 Å². The largest absolute Gasteiger partial charge is 0.416 e. The fourth-order valence-electron chi connectivity index (χ4n) is 2.29. The molecule has 1 aromatic rings. The van der Waals surface area contributed by atoms with E-state index in [-0.39, 0.29) is 5.54 Å². The molecule has 0 amide bonds. The lowest BCUT2D eigenvalue weighted by Crippen LogP contribution is -2.57. The molecule has 0 atom stereocenters. The lowest BCUT2D eigenvalue weighted by Gasteiger charge is -2.40. The zero-order chi connectivity index (χ0) is 14.3. The molecule has 0 radical (unpaired) electrons. The van der Waals surface area contributed by atoms with Crippen LogP contribution in [0.4, 0.5) is 18.9 Å². The molecule has 0 bridgehead atoms. The number of hydrogen-bond acceptors (Lipinski definition) is 2. The third-order valence-corrected chi connectivity index (χ3v) is 3.82. The van der Waals surface area contributed by atoms with E-state index in [4.69, 9.17) is 0 Å². The Morgan fingerprint density at radius 3 is 2.53 bits per heavy atom. The first-order chi connectivity index (χ1) is 8.69. The van der Waals surface area contributed by atoms with Gasteiger partial charge in [-0.1, -0.05) is 0 Å². The number of nitrogens with one attached hydrogen (secondary N) is 1. The summed E-state index contributed by atoms with van der Waals surface area (Å²) in [4.78, 5) is 2.10. The van der Waals surface area contributed by atoms with Gasteiger partial charge in [0.15, 0.2) is 0 Å². The summed E-state index contributed by atoms with van der Waals surface area (Å²) in [6, 6.07) is 3.81. The quantitative estimate of drug-likeness (QED) is 0.841. The van der Waals surface area contributed by atoms with Gasteiger partial charge in [0.1, 0.15) is 0 Å². The van der Waals surface area contributed by atoms with Crippen molar-refractivity contribution in [1.29, 1.82) is 0 Å². The average molecular weight is 337 g/mol. The van der Waals surface area contributed by atoms with Crippen LogP contribution in [0.5, 0.6) is 0 Å². The van der Waals surface area contributed by atoms with Gasteiger partial charge in [0.25, 0.3) is 0 Å². The summed E-state index contributed by atoms with van der Waals surface area (Å²) < 4.78 is 38.3. The van der Waals surface area contributed by atoms with Crippen LogP contribution in [-0.2, 0) is 6.18 Å². The normalized spacial score (nSPS) is 19.6. The molecule has 2 rings (SSSR count). The number of piperazine rings is 1. The van der Waals surface area contributed by atoms with Gasteiger partial charge in [0, 0.05) is 29.6 Å². The predicted octanol–water partition coefficient (Wildman–Crippen LogP) is 3.66. The minimum absolute atomic E-state index is 0.0413. The van der Waals surface area contributed by atoms with Crippen LogP contribution in [-0.4, -0.2) is 25.2 Å². The Hall–Kier alpha value is -0.750. The molecule has 1 heterocycles. The summed E-state index contributed by atoms with van der Waals surface area (Å²) in [7, 11) is 0. The van der Waals surface area contributed by atoms with Gasteiger partial charge in [-0.25, -0.2) is 0 Å². The van der Waals surface area contributed by atoms with Crippen molar-refractivity contribution in [1.82, 2.24) is 5.32 Å². The van der Waals surface area contributed by atoms with E-state index in [1.807, 2.05) is 0 Å². The fourth-order valence-corrected chi connectivity index (χ4v) is 2.92. The first-order valence-electron chi connectivity index (χ1n) is 6.06. The van der Waals surface area contributed by atoms with Gasteiger partial charge in [-0.3, -0.25) is 0 Å². The average Bonchev–Trinajstić information content (AvgIpc) is 2.26. The zero-order valence-corrected chi connectivity index (χ0v) is 12.4. The monoisotopic (exact) mass is 336 g/mol. The van der Waals surface area contributed by atoms with Crippen molar-refractivity contribution in [3.05, 3.63) is 28.2 Å². The fraction of sp³-hybridized carbons (Fsp3) is 0.538. The Kier molecular flexibility index (Phi) is 3.84. The number of rotatable bonds is 1. The molecule has 1 aliphatic rings. The Labute approximate surface area is 119 Å². The molecule has 19 heavy (non-hydrogen) atoms. The van der Waals surface area contributed by atoms with Gasteiger partial charge in [-0.05, 0) is 48.0 Å². The highest BCUT2D eigenvalue weighted by Crippen LogP contribution is 2.35. The number of halogens is 4. The lowest BCUT2D eigenvalue weighted by atomic mass is 10.0. The van der Waals surface area contributed by atoms with E-state index in [1.165, 1.54) is 6.07 Å². The van der Waals surface area contributed by atoms with E-state index in [1.54, 1.807) is 0 Å². The summed E-state index contributed by atoms with van der Waals surface area (Å²) in [5.74, 6) is 0. The van der Waals surface area contributed by atoms with E-state index in [2.05, 4.69) is 40.0 Å². The van der Waals surface area contributed by atoms with Crippen molar-refractivity contribution in [2.24, 2.45) is 0 Å². The molecule has 0 aliphatic carbocycles. The Morgan fingerprint density at radius 1 is 1.32 bits per heavy atom. The van der Waals surface area contributed by atoms with Crippen molar-refractivity contribution in [3.63, 3.8) is 0 Å². The molecule has 0 aromatic heterocycles. The van der Waals surface area contributed by atoms with Crippen LogP contribution >= 0.6 is 15.9 Å². The molecule has 2 nitrogen and oxygen atoms in total. The van der Waals surface area contributed by atoms with E-state index in [9.17, 15) is 13.2 Å². The number of alkyl halides is 3. The molecule has 1 aliphatic heterocycles. The summed E-state index contributed by atoms with van der Waals surface area (Å²) in [5.41, 5.74) is 0.139. The van der Waals surface area contributed by atoms with Gasteiger partial charge in [-0.15, -0.1) is 0 Å². The van der Waals surface area contributed by atoms with Crippen LogP contribution in [0.2, 0.25) is 0 Å². The minimum Gasteiger partial charge on any atom is -0.368 e. The van der Waals surface area contributed by atoms with E-state index >= 15 is 0 Å². The second-order valence-corrected chi connectivity index (χ2v) is 6.25. The Morgan fingerprint density at radius 2 is 2.00 bits per heavy atom. The van der Waals surface area contributed by atoms with Crippen LogP contribution in [0.1, 0.15) is 19.4 Å². The number of benzene rings is 1. The predicted molar refractivity (Wildman–Crippen MR) is 73.4 cm³/mol. The number of hydrogen-bond donors (Lipinski definition) is 1. The molecule has 1 saturated heterocycles. The third kappa shape index (κ3) is 3.42. The van der Waals surface area contributed by atoms with Crippen LogP contribution in [0.3, 0.4) is 0 Å². The molecule has 106 valence electrons. The van der Waals surface area contributed by atoms with E-state index in [0.29, 0.717) is 4.47 Å². The summed E-state index contributed by atoms with van der Waals surface area (Å²) >= 11 is 3.25. The smallest absolute Gasteiger partial charge is 0.368 e. The first kappa shape index (κ1) is 14.7. The van der Waals surface area contributed by atoms with Crippen LogP contribution in [0.25, 0.3) is 0 Å². The van der Waals surface area contributed by atoms with Crippen molar-refractivity contribution in [2.75, 3.05) is 24.5 Å². The molecule has 1 aromatic carbocycles. The second kappa shape index (κ2) is 4.98. The van der Waals surface area contributed by atoms with Gasteiger partial charge >= 0.3 is 6.18 Å². The van der Waals surface area contributed by atoms with Crippen LogP contribution in [0.15, 0.2) is 22.7 Å². The van der Waals surface area contributed by atoms with Crippen molar-refractivity contribution in [3.8, 4) is 0 Å². The topological polar surface area (TPSA) is 15.3 Å². The highest BCUT2D eigenvalue weighted by Gasteiger charge is 2.32. The highest BCUT2D eigenvalue weighted by molar-refractivity contribution is 9.10. The van der Waals surface area contributed by atoms with Gasteiger partial charge in [0.2, 0.25) is 0 Å². The van der Waals surface area contributed by atoms with Crippen molar-refractivity contribution < 1.29 is 13.2 Å². The van der Waals surface area contributed by atoms with Crippen LogP contribution < -0.4 is 10.2 Å². The lowest BCUT2D eigenvalue weighted by molar-refractivity contribution is -0.137. The van der Waals surface area contributed by atoms with Gasteiger partial charge < -0.3 is 10.2 Å². The van der Waals surface area contributed by atoms with E-state index < -0.39 is 11.7 Å². The minimum atomic E-state index is -4.30. The third-order valence-electron chi connectivity index (χ3n) is 3.19. The molecular formula is C13H16BrF3N2. The molecule has 0 spiro atoms. The number of nitrogens with zero attached hydrogens (tertiary/aromatic N) is 1. The molecule has 0 saturated carbocycles. The molecule has 0 unspecified atom stereocenters. The summed E-state index contributed by atoms with van der Waals surface area (Å²) in [5, 5.41) is 3.38.